The van der Waals surface area contributed by atoms with Crippen molar-refractivity contribution in [1.29, 1.82) is 0 Å². The average Bonchev–Trinajstić information content (AvgIpc) is 2.58. The first-order valence-electron chi connectivity index (χ1n) is 8.18. The Morgan fingerprint density at radius 1 is 1.19 bits per heavy atom. The van der Waals surface area contributed by atoms with Crippen LogP contribution in [0.25, 0.3) is 0 Å². The molecule has 0 bridgehead atoms. The Kier molecular flexibility index (Phi) is 7.36. The summed E-state index contributed by atoms with van der Waals surface area (Å²) in [5.41, 5.74) is -0.826. The van der Waals surface area contributed by atoms with E-state index in [0.29, 0.717) is 5.75 Å². The number of aliphatic imine (C=N–C) groups is 1. The van der Waals surface area contributed by atoms with Gasteiger partial charge >= 0.3 is 5.97 Å². The Balaban J connectivity index is 3.20. The van der Waals surface area contributed by atoms with E-state index in [2.05, 4.69) is 4.99 Å². The topological polar surface area (TPSA) is 83.4 Å². The second kappa shape index (κ2) is 8.83. The van der Waals surface area contributed by atoms with Gasteiger partial charge in [0.1, 0.15) is 17.1 Å². The minimum Gasteiger partial charge on any atom is -0.497 e. The van der Waals surface area contributed by atoms with Gasteiger partial charge in [0.15, 0.2) is 0 Å². The summed E-state index contributed by atoms with van der Waals surface area (Å²) in [6, 6.07) is 4.69. The van der Waals surface area contributed by atoms with E-state index in [4.69, 9.17) is 18.9 Å². The second-order valence-electron chi connectivity index (χ2n) is 7.43. The average molecular weight is 365 g/mol. The normalized spacial score (nSPS) is 12.7. The Labute approximate surface area is 154 Å². The molecule has 0 saturated heterocycles. The quantitative estimate of drug-likeness (QED) is 0.399. The third kappa shape index (κ3) is 6.17. The number of ether oxygens (including phenoxy) is 4. The molecule has 0 aliphatic heterocycles. The Morgan fingerprint density at radius 3 is 2.35 bits per heavy atom. The van der Waals surface area contributed by atoms with Crippen LogP contribution < -0.4 is 9.47 Å². The number of carbonyl (C=O) groups excluding carboxylic acids is 2. The van der Waals surface area contributed by atoms with Crippen LogP contribution in [0.2, 0.25) is 0 Å². The Bertz CT molecular complexity index is 671. The van der Waals surface area contributed by atoms with Gasteiger partial charge in [-0.2, -0.15) is 4.99 Å². The summed E-state index contributed by atoms with van der Waals surface area (Å²) in [5, 5.41) is 0. The molecule has 7 heteroatoms. The number of rotatable bonds is 8. The smallest absolute Gasteiger partial charge is 0.341 e. The fourth-order valence-corrected chi connectivity index (χ4v) is 2.01. The molecule has 0 spiro atoms. The van der Waals surface area contributed by atoms with E-state index < -0.39 is 17.6 Å². The Morgan fingerprint density at radius 2 is 1.85 bits per heavy atom. The molecule has 1 atom stereocenters. The van der Waals surface area contributed by atoms with E-state index >= 15 is 0 Å². The molecule has 1 rings (SSSR count). The van der Waals surface area contributed by atoms with Crippen molar-refractivity contribution in [2.75, 3.05) is 20.8 Å². The zero-order valence-corrected chi connectivity index (χ0v) is 16.4. The summed E-state index contributed by atoms with van der Waals surface area (Å²) in [4.78, 5) is 26.7. The predicted octanol–water partition coefficient (Wildman–Crippen LogP) is 3.36. The van der Waals surface area contributed by atoms with Crippen molar-refractivity contribution in [2.24, 2.45) is 10.4 Å². The molecule has 0 heterocycles. The van der Waals surface area contributed by atoms with E-state index in [0.717, 1.165) is 0 Å². The van der Waals surface area contributed by atoms with Gasteiger partial charge < -0.3 is 18.9 Å². The van der Waals surface area contributed by atoms with Crippen LogP contribution in [0.1, 0.15) is 45.0 Å². The van der Waals surface area contributed by atoms with Gasteiger partial charge in [-0.25, -0.2) is 9.59 Å². The molecular formula is C19H27NO6. The van der Waals surface area contributed by atoms with E-state index in [1.54, 1.807) is 12.1 Å². The van der Waals surface area contributed by atoms with Gasteiger partial charge in [0.2, 0.25) is 12.3 Å². The summed E-state index contributed by atoms with van der Waals surface area (Å²) < 4.78 is 21.7. The summed E-state index contributed by atoms with van der Waals surface area (Å²) in [6.45, 7) is 9.77. The number of isocyanates is 1. The molecule has 0 fully saturated rings. The lowest BCUT2D eigenvalue weighted by Gasteiger charge is -2.33. The summed E-state index contributed by atoms with van der Waals surface area (Å²) in [7, 11) is 2.78. The fraction of sp³-hybridized carbons (Fsp3) is 0.579. The van der Waals surface area contributed by atoms with Crippen LogP contribution >= 0.6 is 0 Å². The van der Waals surface area contributed by atoms with Crippen molar-refractivity contribution in [3.63, 3.8) is 0 Å². The van der Waals surface area contributed by atoms with E-state index in [1.807, 2.05) is 34.6 Å². The highest BCUT2D eigenvalue weighted by atomic mass is 16.5. The van der Waals surface area contributed by atoms with Crippen molar-refractivity contribution in [3.8, 4) is 11.5 Å². The fourth-order valence-electron chi connectivity index (χ4n) is 2.01. The lowest BCUT2D eigenvalue weighted by Crippen LogP contribution is -2.39. The second-order valence-corrected chi connectivity index (χ2v) is 7.43. The number of benzene rings is 1. The standard InChI is InChI=1S/C19H27NO6/c1-18(2,3)25-11-19(4,5)17(20-12-21)26-15-10-13(23-6)8-9-14(15)16(22)24-7/h8-10,17H,11H2,1-7H3. The number of nitrogens with zero attached hydrogens (tertiary/aromatic N) is 1. The van der Waals surface area contributed by atoms with E-state index in [1.165, 1.54) is 26.4 Å². The minimum absolute atomic E-state index is 0.198. The Hall–Kier alpha value is -2.37. The monoisotopic (exact) mass is 365 g/mol. The van der Waals surface area contributed by atoms with Crippen molar-refractivity contribution in [3.05, 3.63) is 23.8 Å². The molecule has 26 heavy (non-hydrogen) atoms. The van der Waals surface area contributed by atoms with Crippen LogP contribution in [-0.2, 0) is 14.3 Å². The molecule has 1 aromatic rings. The maximum Gasteiger partial charge on any atom is 0.341 e. The summed E-state index contributed by atoms with van der Waals surface area (Å²) in [5.74, 6) is 0.120. The van der Waals surface area contributed by atoms with Gasteiger partial charge in [-0.1, -0.05) is 13.8 Å². The molecule has 0 aromatic heterocycles. The van der Waals surface area contributed by atoms with Gasteiger partial charge in [0.05, 0.1) is 26.4 Å². The molecule has 0 radical (unpaired) electrons. The maximum atomic E-state index is 12.0. The predicted molar refractivity (Wildman–Crippen MR) is 96.4 cm³/mol. The van der Waals surface area contributed by atoms with Gasteiger partial charge in [-0.15, -0.1) is 0 Å². The van der Waals surface area contributed by atoms with Gasteiger partial charge in [0.25, 0.3) is 0 Å². The van der Waals surface area contributed by atoms with Crippen LogP contribution in [0.3, 0.4) is 0 Å². The SMILES string of the molecule is COC(=O)c1ccc(OC)cc1OC(N=C=O)C(C)(C)COC(C)(C)C. The minimum atomic E-state index is -0.919. The summed E-state index contributed by atoms with van der Waals surface area (Å²) in [6.07, 6.45) is 0.611. The highest BCUT2D eigenvalue weighted by molar-refractivity contribution is 5.92. The summed E-state index contributed by atoms with van der Waals surface area (Å²) >= 11 is 0. The number of carbonyl (C=O) groups is 1. The maximum absolute atomic E-state index is 12.0. The molecule has 0 aliphatic carbocycles. The van der Waals surface area contributed by atoms with Crippen molar-refractivity contribution < 1.29 is 28.5 Å². The molecule has 0 saturated carbocycles. The first-order chi connectivity index (χ1) is 12.0. The third-order valence-corrected chi connectivity index (χ3v) is 3.55. The van der Waals surface area contributed by atoms with Crippen LogP contribution in [0, 0.1) is 5.41 Å². The number of methoxy groups -OCH3 is 2. The molecule has 7 nitrogen and oxygen atoms in total. The first kappa shape index (κ1) is 21.7. The zero-order valence-electron chi connectivity index (χ0n) is 16.4. The van der Waals surface area contributed by atoms with Gasteiger partial charge in [-0.05, 0) is 32.9 Å². The molecule has 1 aromatic carbocycles. The highest BCUT2D eigenvalue weighted by Gasteiger charge is 2.34. The third-order valence-electron chi connectivity index (χ3n) is 3.55. The van der Waals surface area contributed by atoms with E-state index in [9.17, 15) is 9.59 Å². The largest absolute Gasteiger partial charge is 0.497 e. The van der Waals surface area contributed by atoms with Crippen molar-refractivity contribution in [2.45, 2.75) is 46.4 Å². The van der Waals surface area contributed by atoms with Gasteiger partial charge in [0, 0.05) is 11.5 Å². The van der Waals surface area contributed by atoms with Crippen LogP contribution in [0.5, 0.6) is 11.5 Å². The lowest BCUT2D eigenvalue weighted by atomic mass is 9.92. The molecular weight excluding hydrogens is 338 g/mol. The van der Waals surface area contributed by atoms with E-state index in [-0.39, 0.29) is 23.5 Å². The number of hydrogen-bond acceptors (Lipinski definition) is 7. The van der Waals surface area contributed by atoms with Gasteiger partial charge in [-0.3, -0.25) is 0 Å². The van der Waals surface area contributed by atoms with Crippen molar-refractivity contribution >= 4 is 12.0 Å². The molecule has 144 valence electrons. The molecule has 1 unspecified atom stereocenters. The van der Waals surface area contributed by atoms with Crippen LogP contribution in [-0.4, -0.2) is 44.7 Å². The zero-order chi connectivity index (χ0) is 20.0. The highest BCUT2D eigenvalue weighted by Crippen LogP contribution is 2.32. The van der Waals surface area contributed by atoms with Crippen molar-refractivity contribution in [1.82, 2.24) is 0 Å². The van der Waals surface area contributed by atoms with Crippen LogP contribution in [0.15, 0.2) is 23.2 Å². The van der Waals surface area contributed by atoms with Crippen LogP contribution in [0.4, 0.5) is 0 Å². The first-order valence-corrected chi connectivity index (χ1v) is 8.18. The molecule has 0 amide bonds. The number of esters is 1. The lowest BCUT2D eigenvalue weighted by molar-refractivity contribution is -0.0727. The number of hydrogen-bond donors (Lipinski definition) is 0. The molecule has 0 aliphatic rings. The molecule has 0 N–H and O–H groups in total.